The summed E-state index contributed by atoms with van der Waals surface area (Å²) in [5.41, 5.74) is 1.27. The smallest absolute Gasteiger partial charge is 0.129 e. The zero-order valence-corrected chi connectivity index (χ0v) is 12.1. The van der Waals surface area contributed by atoms with Crippen LogP contribution in [0.2, 0.25) is 0 Å². The van der Waals surface area contributed by atoms with Crippen LogP contribution in [0.15, 0.2) is 39.5 Å². The van der Waals surface area contributed by atoms with Crippen LogP contribution in [-0.2, 0) is 6.54 Å². The van der Waals surface area contributed by atoms with Gasteiger partial charge < -0.3 is 4.74 Å². The van der Waals surface area contributed by atoms with E-state index in [9.17, 15) is 0 Å². The van der Waals surface area contributed by atoms with E-state index >= 15 is 0 Å². The third kappa shape index (κ3) is 2.13. The Bertz CT molecular complexity index is 553. The molecule has 0 saturated heterocycles. The number of halogens is 2. The van der Waals surface area contributed by atoms with E-state index in [0.717, 1.165) is 28.1 Å². The molecule has 17 heavy (non-hydrogen) atoms. The molecule has 0 bridgehead atoms. The first-order chi connectivity index (χ1) is 8.24. The molecule has 1 aliphatic rings. The van der Waals surface area contributed by atoms with Crippen molar-refractivity contribution in [2.75, 3.05) is 6.61 Å². The van der Waals surface area contributed by atoms with Crippen LogP contribution in [-0.4, -0.2) is 16.4 Å². The van der Waals surface area contributed by atoms with Crippen molar-refractivity contribution in [3.8, 4) is 5.75 Å². The van der Waals surface area contributed by atoms with Crippen LogP contribution in [0.3, 0.4) is 0 Å². The number of rotatable bonds is 2. The lowest BCUT2D eigenvalue weighted by Crippen LogP contribution is -2.12. The molecule has 1 aromatic heterocycles. The van der Waals surface area contributed by atoms with Gasteiger partial charge in [0, 0.05) is 17.5 Å². The monoisotopic (exact) mass is 356 g/mol. The van der Waals surface area contributed by atoms with Gasteiger partial charge in [0.2, 0.25) is 0 Å². The average molecular weight is 358 g/mol. The van der Waals surface area contributed by atoms with Crippen LogP contribution in [0.1, 0.15) is 11.5 Å². The number of para-hydroxylation sites is 1. The van der Waals surface area contributed by atoms with Crippen molar-refractivity contribution in [2.45, 2.75) is 12.5 Å². The van der Waals surface area contributed by atoms with Gasteiger partial charge in [0.25, 0.3) is 0 Å². The summed E-state index contributed by atoms with van der Waals surface area (Å²) in [7, 11) is 0. The van der Waals surface area contributed by atoms with E-state index in [4.69, 9.17) is 4.74 Å². The minimum absolute atomic E-state index is 0.370. The molecule has 0 N–H and O–H groups in total. The molecule has 1 unspecified atom stereocenters. The number of hydrogen-bond donors (Lipinski definition) is 0. The SMILES string of the molecule is Brc1cc(Br)n(CC2COc3ccccc32)n1. The Hall–Kier alpha value is -0.810. The van der Waals surface area contributed by atoms with Crippen LogP contribution in [0.5, 0.6) is 5.75 Å². The summed E-state index contributed by atoms with van der Waals surface area (Å²) in [6, 6.07) is 10.1. The maximum atomic E-state index is 5.66. The number of aromatic nitrogens is 2. The molecular weight excluding hydrogens is 348 g/mol. The van der Waals surface area contributed by atoms with Gasteiger partial charge >= 0.3 is 0 Å². The van der Waals surface area contributed by atoms with Gasteiger partial charge in [0.05, 0.1) is 13.2 Å². The number of nitrogens with zero attached hydrogens (tertiary/aromatic N) is 2. The van der Waals surface area contributed by atoms with Crippen molar-refractivity contribution in [1.82, 2.24) is 9.78 Å². The van der Waals surface area contributed by atoms with Gasteiger partial charge in [-0.05, 0) is 37.9 Å². The zero-order valence-electron chi connectivity index (χ0n) is 8.94. The summed E-state index contributed by atoms with van der Waals surface area (Å²) in [6.07, 6.45) is 0. The van der Waals surface area contributed by atoms with E-state index in [0.29, 0.717) is 5.92 Å². The second-order valence-electron chi connectivity index (χ2n) is 4.02. The highest BCUT2D eigenvalue weighted by Crippen LogP contribution is 2.35. The predicted octanol–water partition coefficient (Wildman–Crippen LogP) is 3.58. The van der Waals surface area contributed by atoms with Crippen LogP contribution >= 0.6 is 31.9 Å². The highest BCUT2D eigenvalue weighted by Gasteiger charge is 2.24. The maximum absolute atomic E-state index is 5.66. The van der Waals surface area contributed by atoms with Gasteiger partial charge in [-0.2, -0.15) is 5.10 Å². The molecule has 0 spiro atoms. The number of benzene rings is 1. The van der Waals surface area contributed by atoms with Gasteiger partial charge in [-0.3, -0.25) is 4.68 Å². The summed E-state index contributed by atoms with van der Waals surface area (Å²) in [4.78, 5) is 0. The molecule has 3 rings (SSSR count). The Morgan fingerprint density at radius 2 is 2.18 bits per heavy atom. The summed E-state index contributed by atoms with van der Waals surface area (Å²) >= 11 is 6.86. The lowest BCUT2D eigenvalue weighted by Gasteiger charge is -2.09. The first-order valence-electron chi connectivity index (χ1n) is 5.34. The molecular formula is C12H10Br2N2O. The van der Waals surface area contributed by atoms with Gasteiger partial charge in [-0.15, -0.1) is 0 Å². The molecule has 0 saturated carbocycles. The summed E-state index contributed by atoms with van der Waals surface area (Å²) in [5, 5.41) is 4.38. The standard InChI is InChI=1S/C12H10Br2N2O/c13-11-5-12(14)16(15-11)6-8-7-17-10-4-2-1-3-9(8)10/h1-5,8H,6-7H2. The fourth-order valence-electron chi connectivity index (χ4n) is 2.08. The molecule has 0 aliphatic carbocycles. The average Bonchev–Trinajstić information content (AvgIpc) is 2.85. The summed E-state index contributed by atoms with van der Waals surface area (Å²) < 4.78 is 9.43. The fraction of sp³-hybridized carbons (Fsp3) is 0.250. The van der Waals surface area contributed by atoms with Crippen molar-refractivity contribution >= 4 is 31.9 Å². The van der Waals surface area contributed by atoms with Crippen LogP contribution in [0, 0.1) is 0 Å². The minimum atomic E-state index is 0.370. The van der Waals surface area contributed by atoms with E-state index in [-0.39, 0.29) is 0 Å². The second-order valence-corrected chi connectivity index (χ2v) is 5.64. The molecule has 1 aliphatic heterocycles. The quantitative estimate of drug-likeness (QED) is 0.821. The fourth-order valence-corrected chi connectivity index (χ4v) is 3.24. The van der Waals surface area contributed by atoms with Crippen LogP contribution in [0.4, 0.5) is 0 Å². The van der Waals surface area contributed by atoms with Gasteiger partial charge in [-0.25, -0.2) is 0 Å². The zero-order chi connectivity index (χ0) is 11.8. The predicted molar refractivity (Wildman–Crippen MR) is 72.3 cm³/mol. The molecule has 2 heterocycles. The lowest BCUT2D eigenvalue weighted by molar-refractivity contribution is 0.314. The van der Waals surface area contributed by atoms with E-state index in [2.05, 4.69) is 49.1 Å². The molecule has 88 valence electrons. The Morgan fingerprint density at radius 3 is 2.94 bits per heavy atom. The van der Waals surface area contributed by atoms with E-state index in [1.165, 1.54) is 5.56 Å². The molecule has 3 nitrogen and oxygen atoms in total. The van der Waals surface area contributed by atoms with E-state index in [1.807, 2.05) is 22.9 Å². The molecule has 5 heteroatoms. The first kappa shape index (κ1) is 11.3. The van der Waals surface area contributed by atoms with E-state index < -0.39 is 0 Å². The molecule has 1 atom stereocenters. The third-order valence-corrected chi connectivity index (χ3v) is 3.92. The van der Waals surface area contributed by atoms with Gasteiger partial charge in [-0.1, -0.05) is 18.2 Å². The lowest BCUT2D eigenvalue weighted by atomic mass is 10.0. The molecule has 0 fully saturated rings. The summed E-state index contributed by atoms with van der Waals surface area (Å²) in [5.74, 6) is 1.37. The van der Waals surface area contributed by atoms with Crippen molar-refractivity contribution in [2.24, 2.45) is 0 Å². The van der Waals surface area contributed by atoms with Crippen LogP contribution < -0.4 is 4.74 Å². The molecule has 0 radical (unpaired) electrons. The van der Waals surface area contributed by atoms with Crippen molar-refractivity contribution in [3.63, 3.8) is 0 Å². The second kappa shape index (κ2) is 4.46. The first-order valence-corrected chi connectivity index (χ1v) is 6.93. The maximum Gasteiger partial charge on any atom is 0.129 e. The normalized spacial score (nSPS) is 17.9. The van der Waals surface area contributed by atoms with Crippen LogP contribution in [0.25, 0.3) is 0 Å². The Labute approximate surface area is 116 Å². The highest BCUT2D eigenvalue weighted by atomic mass is 79.9. The Morgan fingerprint density at radius 1 is 1.35 bits per heavy atom. The Kier molecular flexibility index (Phi) is 2.96. The molecule has 1 aromatic carbocycles. The number of fused-ring (bicyclic) bond motifs is 1. The van der Waals surface area contributed by atoms with Crippen molar-refractivity contribution in [1.29, 1.82) is 0 Å². The Balaban J connectivity index is 1.86. The summed E-state index contributed by atoms with van der Waals surface area (Å²) in [6.45, 7) is 1.55. The topological polar surface area (TPSA) is 27.1 Å². The number of ether oxygens (including phenoxy) is 1. The third-order valence-electron chi connectivity index (χ3n) is 2.89. The van der Waals surface area contributed by atoms with Gasteiger partial charge in [0.1, 0.15) is 15.0 Å². The molecule has 0 amide bonds. The highest BCUT2D eigenvalue weighted by molar-refractivity contribution is 9.11. The number of hydrogen-bond acceptors (Lipinski definition) is 2. The largest absolute Gasteiger partial charge is 0.493 e. The van der Waals surface area contributed by atoms with Crippen molar-refractivity contribution in [3.05, 3.63) is 45.1 Å². The molecule has 2 aromatic rings. The van der Waals surface area contributed by atoms with Gasteiger partial charge in [0.15, 0.2) is 0 Å². The van der Waals surface area contributed by atoms with Crippen molar-refractivity contribution < 1.29 is 4.74 Å². The van der Waals surface area contributed by atoms with E-state index in [1.54, 1.807) is 0 Å². The minimum Gasteiger partial charge on any atom is -0.493 e.